The standard InChI is InChI=1S/C24H45N5O2/c1-20(2)29(21(3)4)13-9-12-26-24(25-5)27-19-22-10-8-11-23(18-22)31-17-15-28(6)14-16-30-7/h8,10-11,18,20-21H,9,12-17,19H2,1-7H3,(H2,25,26,27). The Morgan fingerprint density at radius 3 is 2.39 bits per heavy atom. The van der Waals surface area contributed by atoms with Gasteiger partial charge in [-0.3, -0.25) is 9.89 Å². The van der Waals surface area contributed by atoms with Crippen molar-refractivity contribution in [3.8, 4) is 5.75 Å². The predicted molar refractivity (Wildman–Crippen MR) is 131 cm³/mol. The van der Waals surface area contributed by atoms with Crippen LogP contribution in [0.5, 0.6) is 5.75 Å². The van der Waals surface area contributed by atoms with Gasteiger partial charge in [-0.2, -0.15) is 0 Å². The number of likely N-dealkylation sites (N-methyl/N-ethyl adjacent to an activating group) is 1. The second-order valence-electron chi connectivity index (χ2n) is 8.42. The summed E-state index contributed by atoms with van der Waals surface area (Å²) in [6.07, 6.45) is 1.08. The number of aliphatic imine (C=N–C) groups is 1. The van der Waals surface area contributed by atoms with Gasteiger partial charge in [-0.1, -0.05) is 12.1 Å². The number of guanidine groups is 1. The number of hydrogen-bond donors (Lipinski definition) is 2. The lowest BCUT2D eigenvalue weighted by molar-refractivity contribution is 0.150. The molecule has 0 fully saturated rings. The molecule has 0 radical (unpaired) electrons. The van der Waals surface area contributed by atoms with Crippen molar-refractivity contribution in [1.29, 1.82) is 0 Å². The number of ether oxygens (including phenoxy) is 2. The van der Waals surface area contributed by atoms with Crippen molar-refractivity contribution in [3.05, 3.63) is 29.8 Å². The highest BCUT2D eigenvalue weighted by Crippen LogP contribution is 2.13. The number of rotatable bonds is 15. The second kappa shape index (κ2) is 15.9. The fourth-order valence-corrected chi connectivity index (χ4v) is 3.41. The van der Waals surface area contributed by atoms with E-state index in [1.807, 2.05) is 19.2 Å². The number of hydrogen-bond acceptors (Lipinski definition) is 5. The molecule has 0 aliphatic carbocycles. The van der Waals surface area contributed by atoms with Crippen LogP contribution in [0.3, 0.4) is 0 Å². The van der Waals surface area contributed by atoms with Crippen LogP contribution < -0.4 is 15.4 Å². The van der Waals surface area contributed by atoms with E-state index in [1.165, 1.54) is 5.56 Å². The van der Waals surface area contributed by atoms with Crippen molar-refractivity contribution in [2.45, 2.75) is 52.7 Å². The van der Waals surface area contributed by atoms with E-state index in [0.29, 0.717) is 25.2 Å². The first kappa shape index (κ1) is 27.2. The van der Waals surface area contributed by atoms with Crippen molar-refractivity contribution in [1.82, 2.24) is 20.4 Å². The van der Waals surface area contributed by atoms with Gasteiger partial charge in [-0.05, 0) is 58.9 Å². The van der Waals surface area contributed by atoms with E-state index in [-0.39, 0.29) is 0 Å². The van der Waals surface area contributed by atoms with Crippen molar-refractivity contribution in [2.24, 2.45) is 4.99 Å². The molecule has 2 N–H and O–H groups in total. The molecule has 178 valence electrons. The minimum atomic E-state index is 0.567. The first-order valence-electron chi connectivity index (χ1n) is 11.5. The maximum atomic E-state index is 5.91. The highest BCUT2D eigenvalue weighted by atomic mass is 16.5. The summed E-state index contributed by atoms with van der Waals surface area (Å²) in [5.41, 5.74) is 1.17. The molecule has 7 heteroatoms. The number of nitrogens with zero attached hydrogens (tertiary/aromatic N) is 3. The van der Waals surface area contributed by atoms with Crippen LogP contribution in [0, 0.1) is 0 Å². The van der Waals surface area contributed by atoms with E-state index >= 15 is 0 Å². The van der Waals surface area contributed by atoms with E-state index in [0.717, 1.165) is 50.9 Å². The third-order valence-corrected chi connectivity index (χ3v) is 5.21. The number of methoxy groups -OCH3 is 1. The molecule has 0 amide bonds. The van der Waals surface area contributed by atoms with Crippen LogP contribution in [0.2, 0.25) is 0 Å². The average Bonchev–Trinajstić information content (AvgIpc) is 2.74. The van der Waals surface area contributed by atoms with Gasteiger partial charge in [0.05, 0.1) is 6.61 Å². The molecule has 1 aromatic rings. The highest BCUT2D eigenvalue weighted by Gasteiger charge is 2.12. The smallest absolute Gasteiger partial charge is 0.191 e. The summed E-state index contributed by atoms with van der Waals surface area (Å²) in [7, 11) is 5.61. The zero-order valence-corrected chi connectivity index (χ0v) is 20.8. The van der Waals surface area contributed by atoms with Gasteiger partial charge in [0.15, 0.2) is 5.96 Å². The number of benzene rings is 1. The molecule has 0 heterocycles. The monoisotopic (exact) mass is 435 g/mol. The van der Waals surface area contributed by atoms with E-state index in [4.69, 9.17) is 9.47 Å². The fraction of sp³-hybridized carbons (Fsp3) is 0.708. The number of nitrogens with one attached hydrogen (secondary N) is 2. The fourth-order valence-electron chi connectivity index (χ4n) is 3.41. The Labute approximate surface area is 190 Å². The Hall–Kier alpha value is -1.83. The first-order valence-corrected chi connectivity index (χ1v) is 11.5. The minimum Gasteiger partial charge on any atom is -0.492 e. The summed E-state index contributed by atoms with van der Waals surface area (Å²) in [5.74, 6) is 1.72. The summed E-state index contributed by atoms with van der Waals surface area (Å²) in [6.45, 7) is 14.9. The second-order valence-corrected chi connectivity index (χ2v) is 8.42. The van der Waals surface area contributed by atoms with Crippen molar-refractivity contribution in [3.63, 3.8) is 0 Å². The molecule has 0 aromatic heterocycles. The Kier molecular flexibility index (Phi) is 13.9. The molecule has 0 aliphatic rings. The Morgan fingerprint density at radius 2 is 1.74 bits per heavy atom. The first-order chi connectivity index (χ1) is 14.9. The van der Waals surface area contributed by atoms with Gasteiger partial charge >= 0.3 is 0 Å². The molecule has 1 aromatic carbocycles. The highest BCUT2D eigenvalue weighted by molar-refractivity contribution is 5.79. The van der Waals surface area contributed by atoms with Crippen LogP contribution in [-0.2, 0) is 11.3 Å². The van der Waals surface area contributed by atoms with Gasteiger partial charge in [0.25, 0.3) is 0 Å². The molecule has 0 atom stereocenters. The van der Waals surface area contributed by atoms with Gasteiger partial charge in [-0.25, -0.2) is 0 Å². The molecular weight excluding hydrogens is 390 g/mol. The van der Waals surface area contributed by atoms with Gasteiger partial charge in [0, 0.05) is 59.0 Å². The van der Waals surface area contributed by atoms with Crippen LogP contribution in [0.1, 0.15) is 39.7 Å². The zero-order chi connectivity index (χ0) is 23.1. The maximum Gasteiger partial charge on any atom is 0.191 e. The van der Waals surface area contributed by atoms with Crippen molar-refractivity contribution in [2.75, 3.05) is 60.6 Å². The molecule has 0 aliphatic heterocycles. The Bertz CT molecular complexity index is 614. The summed E-state index contributed by atoms with van der Waals surface area (Å²) in [4.78, 5) is 9.05. The lowest BCUT2D eigenvalue weighted by Crippen LogP contribution is -2.41. The van der Waals surface area contributed by atoms with Crippen LogP contribution in [0.15, 0.2) is 29.3 Å². The molecule has 0 unspecified atom stereocenters. The molecule has 31 heavy (non-hydrogen) atoms. The molecule has 0 spiro atoms. The molecular formula is C24H45N5O2. The quantitative estimate of drug-likeness (QED) is 0.251. The summed E-state index contributed by atoms with van der Waals surface area (Å²) in [5, 5.41) is 6.81. The van der Waals surface area contributed by atoms with E-state index in [1.54, 1.807) is 7.11 Å². The van der Waals surface area contributed by atoms with E-state index in [2.05, 4.69) is 72.3 Å². The van der Waals surface area contributed by atoms with Gasteiger partial charge < -0.3 is 25.0 Å². The van der Waals surface area contributed by atoms with E-state index < -0.39 is 0 Å². The minimum absolute atomic E-state index is 0.567. The topological polar surface area (TPSA) is 61.4 Å². The van der Waals surface area contributed by atoms with Crippen LogP contribution in [-0.4, -0.2) is 88.4 Å². The average molecular weight is 436 g/mol. The van der Waals surface area contributed by atoms with Crippen molar-refractivity contribution < 1.29 is 9.47 Å². The van der Waals surface area contributed by atoms with Gasteiger partial charge in [-0.15, -0.1) is 0 Å². The van der Waals surface area contributed by atoms with Crippen LogP contribution >= 0.6 is 0 Å². The molecule has 0 saturated heterocycles. The predicted octanol–water partition coefficient (Wildman–Crippen LogP) is 2.82. The molecule has 0 bridgehead atoms. The lowest BCUT2D eigenvalue weighted by Gasteiger charge is -2.30. The zero-order valence-electron chi connectivity index (χ0n) is 20.8. The van der Waals surface area contributed by atoms with Crippen LogP contribution in [0.25, 0.3) is 0 Å². The largest absolute Gasteiger partial charge is 0.492 e. The lowest BCUT2D eigenvalue weighted by atomic mass is 10.2. The van der Waals surface area contributed by atoms with Crippen LogP contribution in [0.4, 0.5) is 0 Å². The summed E-state index contributed by atoms with van der Waals surface area (Å²) >= 11 is 0. The SMILES string of the molecule is CN=C(NCCCN(C(C)C)C(C)C)NCc1cccc(OCCN(C)CCOC)c1. The van der Waals surface area contributed by atoms with Gasteiger partial charge in [0.2, 0.25) is 0 Å². The third-order valence-electron chi connectivity index (χ3n) is 5.21. The maximum absolute atomic E-state index is 5.91. The summed E-state index contributed by atoms with van der Waals surface area (Å²) in [6, 6.07) is 9.35. The van der Waals surface area contributed by atoms with Gasteiger partial charge in [0.1, 0.15) is 12.4 Å². The Balaban J connectivity index is 2.36. The van der Waals surface area contributed by atoms with E-state index in [9.17, 15) is 0 Å². The third kappa shape index (κ3) is 12.0. The normalized spacial score (nSPS) is 12.3. The van der Waals surface area contributed by atoms with Crippen molar-refractivity contribution >= 4 is 5.96 Å². The summed E-state index contributed by atoms with van der Waals surface area (Å²) < 4.78 is 11.0. The Morgan fingerprint density at radius 1 is 1.03 bits per heavy atom. The molecule has 0 saturated carbocycles. The molecule has 7 nitrogen and oxygen atoms in total. The molecule has 1 rings (SSSR count).